The van der Waals surface area contributed by atoms with Crippen LogP contribution in [0.5, 0.6) is 0 Å². The predicted octanol–water partition coefficient (Wildman–Crippen LogP) is 1.86. The fourth-order valence-electron chi connectivity index (χ4n) is 3.14. The molecule has 9 heteroatoms. The summed E-state index contributed by atoms with van der Waals surface area (Å²) in [6.07, 6.45) is 3.72. The van der Waals surface area contributed by atoms with Crippen molar-refractivity contribution in [1.82, 2.24) is 30.3 Å². The molecule has 0 aliphatic carbocycles. The van der Waals surface area contributed by atoms with Crippen LogP contribution in [0.25, 0.3) is 0 Å². The number of rotatable bonds is 7. The van der Waals surface area contributed by atoms with E-state index in [1.807, 2.05) is 18.2 Å². The van der Waals surface area contributed by atoms with E-state index in [4.69, 9.17) is 0 Å². The zero-order valence-electron chi connectivity index (χ0n) is 16.1. The number of amides is 3. The summed E-state index contributed by atoms with van der Waals surface area (Å²) < 4.78 is 2.07. The number of carbonyl (C=O) groups is 2. The first-order valence-corrected chi connectivity index (χ1v) is 10.5. The molecule has 2 heterocycles. The maximum atomic E-state index is 11.9. The van der Waals surface area contributed by atoms with Crippen molar-refractivity contribution in [3.8, 4) is 0 Å². The second-order valence-corrected chi connectivity index (χ2v) is 7.67. The minimum absolute atomic E-state index is 0.101. The van der Waals surface area contributed by atoms with E-state index < -0.39 is 6.03 Å². The lowest BCUT2D eigenvalue weighted by Crippen LogP contribution is -2.38. The Morgan fingerprint density at radius 3 is 2.54 bits per heavy atom. The molecule has 1 aliphatic rings. The lowest BCUT2D eigenvalue weighted by atomic mass is 10.1. The predicted molar refractivity (Wildman–Crippen MR) is 108 cm³/mol. The highest BCUT2D eigenvalue weighted by Crippen LogP contribution is 2.20. The number of hydrogen-bond acceptors (Lipinski definition) is 6. The quantitative estimate of drug-likeness (QED) is 0.687. The highest BCUT2D eigenvalue weighted by molar-refractivity contribution is 7.99. The molecule has 1 fully saturated rings. The number of nitrogens with one attached hydrogen (secondary N) is 2. The Hall–Kier alpha value is -2.39. The van der Waals surface area contributed by atoms with Gasteiger partial charge in [-0.1, -0.05) is 48.5 Å². The highest BCUT2D eigenvalue weighted by atomic mass is 32.2. The van der Waals surface area contributed by atoms with Crippen LogP contribution >= 0.6 is 11.8 Å². The van der Waals surface area contributed by atoms with Crippen LogP contribution in [0.4, 0.5) is 4.79 Å². The summed E-state index contributed by atoms with van der Waals surface area (Å²) in [6.45, 7) is 3.56. The monoisotopic (exact) mass is 402 g/mol. The second kappa shape index (κ2) is 10.2. The molecule has 0 saturated carbocycles. The zero-order valence-corrected chi connectivity index (χ0v) is 16.9. The molecular formula is C19H26N6O2S. The van der Waals surface area contributed by atoms with E-state index in [0.29, 0.717) is 11.7 Å². The van der Waals surface area contributed by atoms with Crippen LogP contribution in [0, 0.1) is 0 Å². The van der Waals surface area contributed by atoms with Gasteiger partial charge in [0.1, 0.15) is 5.82 Å². The second-order valence-electron chi connectivity index (χ2n) is 6.72. The van der Waals surface area contributed by atoms with Gasteiger partial charge >= 0.3 is 6.03 Å². The molecule has 1 aliphatic heterocycles. The van der Waals surface area contributed by atoms with Gasteiger partial charge in [-0.2, -0.15) is 0 Å². The van der Waals surface area contributed by atoms with Crippen molar-refractivity contribution in [2.24, 2.45) is 0 Å². The molecule has 0 radical (unpaired) electrons. The fraction of sp³-hybridized carbons (Fsp3) is 0.474. The number of piperidine rings is 1. The molecule has 3 amide bonds. The summed E-state index contributed by atoms with van der Waals surface area (Å²) in [6, 6.07) is 9.63. The normalized spacial score (nSPS) is 14.6. The Morgan fingerprint density at radius 1 is 1.07 bits per heavy atom. The molecule has 0 atom stereocenters. The van der Waals surface area contributed by atoms with Crippen LogP contribution in [0.3, 0.4) is 0 Å². The van der Waals surface area contributed by atoms with E-state index in [1.54, 1.807) is 0 Å². The molecule has 1 saturated heterocycles. The summed E-state index contributed by atoms with van der Waals surface area (Å²) in [7, 11) is 1.47. The largest absolute Gasteiger partial charge is 0.341 e. The molecular weight excluding hydrogens is 376 g/mol. The molecule has 3 rings (SSSR count). The lowest BCUT2D eigenvalue weighted by Gasteiger charge is -2.26. The summed E-state index contributed by atoms with van der Waals surface area (Å²) in [5.41, 5.74) is 1.15. The van der Waals surface area contributed by atoms with Crippen molar-refractivity contribution < 1.29 is 9.59 Å². The number of likely N-dealkylation sites (tertiary alicyclic amines) is 1. The van der Waals surface area contributed by atoms with Gasteiger partial charge in [0, 0.05) is 7.05 Å². The summed E-state index contributed by atoms with van der Waals surface area (Å²) in [5.74, 6) is 0.639. The number of imide groups is 1. The molecule has 2 N–H and O–H groups in total. The first kappa shape index (κ1) is 20.3. The number of aromatic nitrogens is 3. The van der Waals surface area contributed by atoms with Crippen molar-refractivity contribution in [2.75, 3.05) is 25.9 Å². The van der Waals surface area contributed by atoms with Crippen LogP contribution in [0.15, 0.2) is 35.5 Å². The number of nitrogens with zero attached hydrogens (tertiary/aromatic N) is 4. The SMILES string of the molecule is CNC(=O)NC(=O)CSc1nnc(CN2CCCCC2)n1Cc1ccccc1. The molecule has 2 aromatic rings. The number of hydrogen-bond donors (Lipinski definition) is 2. The Morgan fingerprint density at radius 2 is 1.82 bits per heavy atom. The average Bonchev–Trinajstić information content (AvgIpc) is 3.09. The van der Waals surface area contributed by atoms with Gasteiger partial charge in [0.25, 0.3) is 0 Å². The van der Waals surface area contributed by atoms with Gasteiger partial charge in [0.2, 0.25) is 5.91 Å². The van der Waals surface area contributed by atoms with Gasteiger partial charge in [0.15, 0.2) is 5.16 Å². The summed E-state index contributed by atoms with van der Waals surface area (Å²) in [4.78, 5) is 25.6. The molecule has 1 aromatic carbocycles. The minimum Gasteiger partial charge on any atom is -0.341 e. The number of urea groups is 1. The maximum Gasteiger partial charge on any atom is 0.321 e. The lowest BCUT2D eigenvalue weighted by molar-refractivity contribution is -0.117. The third-order valence-electron chi connectivity index (χ3n) is 4.60. The van der Waals surface area contributed by atoms with Gasteiger partial charge in [-0.05, 0) is 31.5 Å². The average molecular weight is 403 g/mol. The third kappa shape index (κ3) is 5.80. The smallest absolute Gasteiger partial charge is 0.321 e. The standard InChI is InChI=1S/C19H26N6O2S/c1-20-18(27)21-17(26)14-28-19-23-22-16(13-24-10-6-3-7-11-24)25(19)12-15-8-4-2-5-9-15/h2,4-5,8-9H,3,6-7,10-14H2,1H3,(H2,20,21,26,27). The topological polar surface area (TPSA) is 92.2 Å². The van der Waals surface area contributed by atoms with E-state index in [1.165, 1.54) is 38.1 Å². The first-order valence-electron chi connectivity index (χ1n) is 9.48. The van der Waals surface area contributed by atoms with E-state index >= 15 is 0 Å². The number of benzene rings is 1. The van der Waals surface area contributed by atoms with E-state index in [-0.39, 0.29) is 11.7 Å². The van der Waals surface area contributed by atoms with Crippen molar-refractivity contribution >= 4 is 23.7 Å². The molecule has 8 nitrogen and oxygen atoms in total. The van der Waals surface area contributed by atoms with Crippen LogP contribution in [0.2, 0.25) is 0 Å². The first-order chi connectivity index (χ1) is 13.7. The van der Waals surface area contributed by atoms with Crippen molar-refractivity contribution in [3.63, 3.8) is 0 Å². The molecule has 28 heavy (non-hydrogen) atoms. The van der Waals surface area contributed by atoms with Crippen molar-refractivity contribution in [3.05, 3.63) is 41.7 Å². The van der Waals surface area contributed by atoms with Crippen LogP contribution in [-0.2, 0) is 17.9 Å². The summed E-state index contributed by atoms with van der Waals surface area (Å²) in [5, 5.41) is 14.0. The van der Waals surface area contributed by atoms with Gasteiger partial charge < -0.3 is 9.88 Å². The summed E-state index contributed by atoms with van der Waals surface area (Å²) >= 11 is 1.29. The van der Waals surface area contributed by atoms with Gasteiger partial charge in [-0.25, -0.2) is 4.79 Å². The van der Waals surface area contributed by atoms with Crippen LogP contribution in [-0.4, -0.2) is 57.5 Å². The zero-order chi connectivity index (χ0) is 19.8. The highest BCUT2D eigenvalue weighted by Gasteiger charge is 2.19. The fourth-order valence-corrected chi connectivity index (χ4v) is 3.90. The van der Waals surface area contributed by atoms with E-state index in [0.717, 1.165) is 31.0 Å². The van der Waals surface area contributed by atoms with Crippen molar-refractivity contribution in [2.45, 2.75) is 37.5 Å². The van der Waals surface area contributed by atoms with Gasteiger partial charge in [0.05, 0.1) is 18.8 Å². The van der Waals surface area contributed by atoms with Gasteiger partial charge in [-0.3, -0.25) is 15.0 Å². The molecule has 0 unspecified atom stereocenters. The molecule has 0 bridgehead atoms. The van der Waals surface area contributed by atoms with Crippen LogP contribution < -0.4 is 10.6 Å². The number of thioether (sulfide) groups is 1. The Kier molecular flexibility index (Phi) is 7.44. The molecule has 0 spiro atoms. The Labute approximate surface area is 169 Å². The van der Waals surface area contributed by atoms with E-state index in [9.17, 15) is 9.59 Å². The van der Waals surface area contributed by atoms with Gasteiger partial charge in [-0.15, -0.1) is 10.2 Å². The Balaban J connectivity index is 1.72. The van der Waals surface area contributed by atoms with Crippen LogP contribution in [0.1, 0.15) is 30.7 Å². The third-order valence-corrected chi connectivity index (χ3v) is 5.57. The number of carbonyl (C=O) groups excluding carboxylic acids is 2. The van der Waals surface area contributed by atoms with Crippen molar-refractivity contribution in [1.29, 1.82) is 0 Å². The maximum absolute atomic E-state index is 11.9. The minimum atomic E-state index is -0.512. The molecule has 150 valence electrons. The molecule has 1 aromatic heterocycles. The Bertz CT molecular complexity index is 789. The van der Waals surface area contributed by atoms with E-state index in [2.05, 4.69) is 42.4 Å².